The van der Waals surface area contributed by atoms with Gasteiger partial charge < -0.3 is 10.1 Å². The van der Waals surface area contributed by atoms with Crippen molar-refractivity contribution in [3.8, 4) is 5.75 Å². The van der Waals surface area contributed by atoms with Crippen LogP contribution >= 0.6 is 23.2 Å². The number of methoxy groups -OCH3 is 1. The van der Waals surface area contributed by atoms with Gasteiger partial charge in [0.05, 0.1) is 17.7 Å². The highest BCUT2D eigenvalue weighted by Gasteiger charge is 2.29. The molecular formula is C22H20Cl2N2O4S. The molecule has 0 atom stereocenters. The highest BCUT2D eigenvalue weighted by molar-refractivity contribution is 7.92. The number of amides is 1. The topological polar surface area (TPSA) is 75.7 Å². The van der Waals surface area contributed by atoms with Crippen molar-refractivity contribution in [2.24, 2.45) is 0 Å². The SMILES string of the molecule is COc1ccc(C)cc1N(CC(=O)Nc1cc(Cl)cc(Cl)c1)S(=O)(=O)c1ccccc1. The number of hydrogen-bond donors (Lipinski definition) is 1. The second kappa shape index (κ2) is 9.60. The Kier molecular flexibility index (Phi) is 7.10. The molecule has 3 aromatic carbocycles. The first-order valence-electron chi connectivity index (χ1n) is 9.19. The number of sulfonamides is 1. The van der Waals surface area contributed by atoms with Crippen LogP contribution in [0.2, 0.25) is 10.0 Å². The van der Waals surface area contributed by atoms with E-state index in [9.17, 15) is 13.2 Å². The summed E-state index contributed by atoms with van der Waals surface area (Å²) in [6, 6.07) is 17.6. The van der Waals surface area contributed by atoms with E-state index in [1.807, 2.05) is 6.92 Å². The second-order valence-electron chi connectivity index (χ2n) is 6.71. The summed E-state index contributed by atoms with van der Waals surface area (Å²) in [6.07, 6.45) is 0. The first kappa shape index (κ1) is 22.9. The van der Waals surface area contributed by atoms with Crippen LogP contribution in [0.25, 0.3) is 0 Å². The minimum absolute atomic E-state index is 0.0529. The van der Waals surface area contributed by atoms with Crippen molar-refractivity contribution in [1.82, 2.24) is 0 Å². The van der Waals surface area contributed by atoms with Crippen molar-refractivity contribution in [3.05, 3.63) is 82.3 Å². The van der Waals surface area contributed by atoms with Crippen LogP contribution in [0.15, 0.2) is 71.6 Å². The second-order valence-corrected chi connectivity index (χ2v) is 9.44. The zero-order valence-electron chi connectivity index (χ0n) is 16.8. The predicted molar refractivity (Wildman–Crippen MR) is 124 cm³/mol. The largest absolute Gasteiger partial charge is 0.495 e. The van der Waals surface area contributed by atoms with Crippen LogP contribution in [0.1, 0.15) is 5.56 Å². The molecule has 0 radical (unpaired) electrons. The molecule has 0 bridgehead atoms. The minimum Gasteiger partial charge on any atom is -0.495 e. The molecular weight excluding hydrogens is 459 g/mol. The van der Waals surface area contributed by atoms with Crippen LogP contribution in [0.5, 0.6) is 5.75 Å². The Balaban J connectivity index is 2.02. The number of rotatable bonds is 7. The summed E-state index contributed by atoms with van der Waals surface area (Å²) in [5.74, 6) is -0.245. The van der Waals surface area contributed by atoms with Gasteiger partial charge in [-0.25, -0.2) is 8.42 Å². The molecule has 0 fully saturated rings. The molecule has 31 heavy (non-hydrogen) atoms. The van der Waals surface area contributed by atoms with Gasteiger partial charge in [0.15, 0.2) is 0 Å². The molecule has 0 spiro atoms. The van der Waals surface area contributed by atoms with E-state index in [1.165, 1.54) is 37.4 Å². The molecule has 0 aromatic heterocycles. The number of hydrogen-bond acceptors (Lipinski definition) is 4. The van der Waals surface area contributed by atoms with Crippen LogP contribution in [-0.4, -0.2) is 28.0 Å². The van der Waals surface area contributed by atoms with Crippen molar-refractivity contribution < 1.29 is 17.9 Å². The summed E-state index contributed by atoms with van der Waals surface area (Å²) in [6.45, 7) is 1.34. The maximum Gasteiger partial charge on any atom is 0.264 e. The predicted octanol–water partition coefficient (Wildman–Crippen LogP) is 5.14. The maximum atomic E-state index is 13.5. The number of anilines is 2. The normalized spacial score (nSPS) is 11.1. The molecule has 1 amide bonds. The summed E-state index contributed by atoms with van der Waals surface area (Å²) in [5, 5.41) is 3.33. The van der Waals surface area contributed by atoms with Gasteiger partial charge >= 0.3 is 0 Å². The van der Waals surface area contributed by atoms with E-state index < -0.39 is 22.5 Å². The number of benzene rings is 3. The zero-order chi connectivity index (χ0) is 22.6. The Labute approximate surface area is 191 Å². The molecule has 0 aliphatic rings. The quantitative estimate of drug-likeness (QED) is 0.509. The Morgan fingerprint density at radius 2 is 1.65 bits per heavy atom. The van der Waals surface area contributed by atoms with Gasteiger partial charge in [0.25, 0.3) is 10.0 Å². The number of carbonyl (C=O) groups is 1. The lowest BCUT2D eigenvalue weighted by molar-refractivity contribution is -0.114. The number of halogens is 2. The molecule has 0 aliphatic carbocycles. The highest BCUT2D eigenvalue weighted by atomic mass is 35.5. The van der Waals surface area contributed by atoms with Crippen molar-refractivity contribution in [2.45, 2.75) is 11.8 Å². The molecule has 0 unspecified atom stereocenters. The molecule has 162 valence electrons. The van der Waals surface area contributed by atoms with E-state index in [1.54, 1.807) is 36.4 Å². The average molecular weight is 479 g/mol. The van der Waals surface area contributed by atoms with E-state index in [4.69, 9.17) is 27.9 Å². The van der Waals surface area contributed by atoms with Gasteiger partial charge in [0, 0.05) is 15.7 Å². The van der Waals surface area contributed by atoms with Gasteiger partial charge in [0.1, 0.15) is 12.3 Å². The van der Waals surface area contributed by atoms with Crippen molar-refractivity contribution in [3.63, 3.8) is 0 Å². The third-order valence-electron chi connectivity index (χ3n) is 4.37. The summed E-state index contributed by atoms with van der Waals surface area (Å²) in [4.78, 5) is 12.9. The summed E-state index contributed by atoms with van der Waals surface area (Å²) >= 11 is 12.0. The standard InChI is InChI=1S/C22H20Cl2N2O4S/c1-15-8-9-21(30-2)20(10-15)26(31(28,29)19-6-4-3-5-7-19)14-22(27)25-18-12-16(23)11-17(24)13-18/h3-13H,14H2,1-2H3,(H,25,27). The monoisotopic (exact) mass is 478 g/mol. The fourth-order valence-electron chi connectivity index (χ4n) is 2.97. The lowest BCUT2D eigenvalue weighted by Gasteiger charge is -2.26. The van der Waals surface area contributed by atoms with Crippen LogP contribution in [-0.2, 0) is 14.8 Å². The third-order valence-corrected chi connectivity index (χ3v) is 6.58. The fraction of sp³-hybridized carbons (Fsp3) is 0.136. The van der Waals surface area contributed by atoms with Gasteiger partial charge in [-0.3, -0.25) is 9.10 Å². The van der Waals surface area contributed by atoms with Gasteiger partial charge in [-0.15, -0.1) is 0 Å². The van der Waals surface area contributed by atoms with E-state index in [-0.39, 0.29) is 10.6 Å². The summed E-state index contributed by atoms with van der Waals surface area (Å²) in [7, 11) is -2.63. The van der Waals surface area contributed by atoms with E-state index in [2.05, 4.69) is 5.32 Å². The lowest BCUT2D eigenvalue weighted by Crippen LogP contribution is -2.38. The Morgan fingerprint density at radius 3 is 2.26 bits per heavy atom. The number of aryl methyl sites for hydroxylation is 1. The Morgan fingerprint density at radius 1 is 1.00 bits per heavy atom. The van der Waals surface area contributed by atoms with Crippen LogP contribution in [0, 0.1) is 6.92 Å². The van der Waals surface area contributed by atoms with E-state index >= 15 is 0 Å². The molecule has 1 N–H and O–H groups in total. The molecule has 9 heteroatoms. The summed E-state index contributed by atoms with van der Waals surface area (Å²) < 4.78 is 33.3. The Bertz CT molecular complexity index is 1180. The lowest BCUT2D eigenvalue weighted by atomic mass is 10.2. The van der Waals surface area contributed by atoms with Crippen molar-refractivity contribution >= 4 is 50.5 Å². The van der Waals surface area contributed by atoms with Gasteiger partial charge in [-0.2, -0.15) is 0 Å². The van der Waals surface area contributed by atoms with E-state index in [0.717, 1.165) is 9.87 Å². The first-order valence-corrected chi connectivity index (χ1v) is 11.4. The third kappa shape index (κ3) is 5.50. The Hall–Kier alpha value is -2.74. The smallest absolute Gasteiger partial charge is 0.264 e. The number of nitrogens with one attached hydrogen (secondary N) is 1. The number of carbonyl (C=O) groups excluding carboxylic acids is 1. The van der Waals surface area contributed by atoms with Crippen molar-refractivity contribution in [2.75, 3.05) is 23.3 Å². The van der Waals surface area contributed by atoms with Crippen LogP contribution < -0.4 is 14.4 Å². The van der Waals surface area contributed by atoms with Crippen LogP contribution in [0.4, 0.5) is 11.4 Å². The summed E-state index contributed by atoms with van der Waals surface area (Å²) in [5.41, 5.74) is 1.42. The molecule has 0 heterocycles. The maximum absolute atomic E-state index is 13.5. The minimum atomic E-state index is -4.07. The molecule has 0 saturated carbocycles. The number of ether oxygens (including phenoxy) is 1. The average Bonchev–Trinajstić information content (AvgIpc) is 2.71. The molecule has 6 nitrogen and oxygen atoms in total. The molecule has 3 aromatic rings. The van der Waals surface area contributed by atoms with Crippen LogP contribution in [0.3, 0.4) is 0 Å². The molecule has 0 saturated heterocycles. The number of nitrogens with zero attached hydrogens (tertiary/aromatic N) is 1. The molecule has 0 aliphatic heterocycles. The van der Waals surface area contributed by atoms with Gasteiger partial charge in [-0.1, -0.05) is 47.5 Å². The zero-order valence-corrected chi connectivity index (χ0v) is 19.1. The first-order chi connectivity index (χ1) is 14.7. The highest BCUT2D eigenvalue weighted by Crippen LogP contribution is 2.33. The van der Waals surface area contributed by atoms with E-state index in [0.29, 0.717) is 21.5 Å². The fourth-order valence-corrected chi connectivity index (χ4v) is 4.94. The molecule has 3 rings (SSSR count). The van der Waals surface area contributed by atoms with Crippen molar-refractivity contribution in [1.29, 1.82) is 0 Å². The van der Waals surface area contributed by atoms with Gasteiger partial charge in [0.2, 0.25) is 5.91 Å². The van der Waals surface area contributed by atoms with Gasteiger partial charge in [-0.05, 0) is 55.0 Å².